The summed E-state index contributed by atoms with van der Waals surface area (Å²) in [6.07, 6.45) is 0. The fourth-order valence-electron chi connectivity index (χ4n) is 1.84. The van der Waals surface area contributed by atoms with Crippen molar-refractivity contribution < 1.29 is 18.3 Å². The normalized spacial score (nSPS) is 9.70. The monoisotopic (exact) mass is 315 g/mol. The second-order valence-electron chi connectivity index (χ2n) is 4.71. The van der Waals surface area contributed by atoms with E-state index in [9.17, 15) is 13.6 Å². The Kier molecular flexibility index (Phi) is 5.70. The molecule has 0 aliphatic rings. The van der Waals surface area contributed by atoms with E-state index in [-0.39, 0.29) is 18.7 Å². The summed E-state index contributed by atoms with van der Waals surface area (Å²) < 4.78 is 31.6. The van der Waals surface area contributed by atoms with E-state index in [2.05, 4.69) is 17.2 Å². The summed E-state index contributed by atoms with van der Waals surface area (Å²) in [4.78, 5) is 11.7. The maximum absolute atomic E-state index is 13.4. The Morgan fingerprint density at radius 2 is 1.96 bits per heavy atom. The highest BCUT2D eigenvalue weighted by atomic mass is 19.1. The Hall–Kier alpha value is -2.87. The van der Waals surface area contributed by atoms with Gasteiger partial charge in [-0.25, -0.2) is 8.78 Å². The average Bonchev–Trinajstić information content (AvgIpc) is 2.52. The van der Waals surface area contributed by atoms with Gasteiger partial charge in [-0.2, -0.15) is 0 Å². The fraction of sp³-hybridized carbons (Fsp3) is 0.167. The lowest BCUT2D eigenvalue weighted by Gasteiger charge is -2.04. The van der Waals surface area contributed by atoms with Gasteiger partial charge in [0.15, 0.2) is 0 Å². The van der Waals surface area contributed by atoms with Crippen molar-refractivity contribution in [3.05, 3.63) is 65.2 Å². The highest BCUT2D eigenvalue weighted by Gasteiger charge is 2.11. The van der Waals surface area contributed by atoms with Gasteiger partial charge in [0, 0.05) is 6.07 Å². The second kappa shape index (κ2) is 7.95. The molecular formula is C18H15F2NO2. The van der Waals surface area contributed by atoms with Crippen LogP contribution in [0.1, 0.15) is 15.9 Å². The van der Waals surface area contributed by atoms with Gasteiger partial charge >= 0.3 is 0 Å². The summed E-state index contributed by atoms with van der Waals surface area (Å²) in [5.74, 6) is 3.93. The Morgan fingerprint density at radius 1 is 1.17 bits per heavy atom. The van der Waals surface area contributed by atoms with Crippen LogP contribution in [-0.2, 0) is 0 Å². The van der Waals surface area contributed by atoms with Crippen molar-refractivity contribution >= 4 is 5.91 Å². The molecule has 23 heavy (non-hydrogen) atoms. The summed E-state index contributed by atoms with van der Waals surface area (Å²) >= 11 is 0. The van der Waals surface area contributed by atoms with Gasteiger partial charge in [-0.1, -0.05) is 30.0 Å². The van der Waals surface area contributed by atoms with E-state index in [0.717, 1.165) is 23.4 Å². The third kappa shape index (κ3) is 4.82. The molecule has 2 aromatic carbocycles. The average molecular weight is 315 g/mol. The molecule has 0 unspecified atom stereocenters. The van der Waals surface area contributed by atoms with Crippen LogP contribution in [0, 0.1) is 30.4 Å². The van der Waals surface area contributed by atoms with Crippen molar-refractivity contribution in [2.24, 2.45) is 0 Å². The standard InChI is InChI=1S/C18H15F2NO2/c1-13-6-2-3-7-17(13)23-11-5-4-10-21-18(22)15-9-8-14(19)12-16(15)20/h2-3,6-9,12H,10-11H2,1H3,(H,21,22). The molecule has 0 heterocycles. The zero-order valence-electron chi connectivity index (χ0n) is 12.5. The van der Waals surface area contributed by atoms with Crippen LogP contribution in [-0.4, -0.2) is 19.1 Å². The van der Waals surface area contributed by atoms with Crippen LogP contribution >= 0.6 is 0 Å². The molecule has 0 aromatic heterocycles. The summed E-state index contributed by atoms with van der Waals surface area (Å²) in [6, 6.07) is 10.3. The number of hydrogen-bond donors (Lipinski definition) is 1. The van der Waals surface area contributed by atoms with Gasteiger partial charge in [0.25, 0.3) is 5.91 Å². The Labute approximate surface area is 133 Å². The predicted molar refractivity (Wildman–Crippen MR) is 83.1 cm³/mol. The van der Waals surface area contributed by atoms with Gasteiger partial charge in [0.2, 0.25) is 0 Å². The molecule has 0 atom stereocenters. The van der Waals surface area contributed by atoms with E-state index in [1.165, 1.54) is 0 Å². The van der Waals surface area contributed by atoms with Crippen molar-refractivity contribution in [3.63, 3.8) is 0 Å². The van der Waals surface area contributed by atoms with Gasteiger partial charge in [-0.3, -0.25) is 4.79 Å². The van der Waals surface area contributed by atoms with E-state index in [4.69, 9.17) is 4.74 Å². The molecule has 1 amide bonds. The minimum absolute atomic E-state index is 0.0484. The van der Waals surface area contributed by atoms with E-state index < -0.39 is 17.5 Å². The number of benzene rings is 2. The molecule has 2 rings (SSSR count). The van der Waals surface area contributed by atoms with Crippen molar-refractivity contribution in [2.45, 2.75) is 6.92 Å². The first-order valence-electron chi connectivity index (χ1n) is 6.95. The minimum atomic E-state index is -0.904. The first-order valence-corrected chi connectivity index (χ1v) is 6.95. The van der Waals surface area contributed by atoms with E-state index >= 15 is 0 Å². The van der Waals surface area contributed by atoms with Crippen LogP contribution in [0.5, 0.6) is 5.75 Å². The molecule has 0 spiro atoms. The third-order valence-corrected chi connectivity index (χ3v) is 3.03. The molecule has 2 aromatic rings. The molecule has 0 fully saturated rings. The highest BCUT2D eigenvalue weighted by molar-refractivity contribution is 5.94. The number of carbonyl (C=O) groups excluding carboxylic acids is 1. The summed E-state index contributed by atoms with van der Waals surface area (Å²) in [5, 5.41) is 2.44. The van der Waals surface area contributed by atoms with Crippen molar-refractivity contribution in [1.29, 1.82) is 0 Å². The summed E-state index contributed by atoms with van der Waals surface area (Å²) in [7, 11) is 0. The molecule has 0 radical (unpaired) electrons. The number of rotatable bonds is 4. The molecule has 0 saturated carbocycles. The zero-order valence-corrected chi connectivity index (χ0v) is 12.5. The topological polar surface area (TPSA) is 38.3 Å². The van der Waals surface area contributed by atoms with E-state index in [1.807, 2.05) is 31.2 Å². The van der Waals surface area contributed by atoms with Crippen molar-refractivity contribution in [2.75, 3.05) is 13.2 Å². The highest BCUT2D eigenvalue weighted by Crippen LogP contribution is 2.15. The lowest BCUT2D eigenvalue weighted by Crippen LogP contribution is -2.24. The van der Waals surface area contributed by atoms with Crippen LogP contribution in [0.15, 0.2) is 42.5 Å². The van der Waals surface area contributed by atoms with Gasteiger partial charge in [-0.05, 0) is 30.7 Å². The van der Waals surface area contributed by atoms with Crippen LogP contribution in [0.4, 0.5) is 8.78 Å². The maximum atomic E-state index is 13.4. The number of halogens is 2. The van der Waals surface area contributed by atoms with Crippen molar-refractivity contribution in [1.82, 2.24) is 5.32 Å². The summed E-state index contributed by atoms with van der Waals surface area (Å²) in [6.45, 7) is 2.17. The number of ether oxygens (including phenoxy) is 1. The number of nitrogens with one attached hydrogen (secondary N) is 1. The van der Waals surface area contributed by atoms with Gasteiger partial charge in [0.1, 0.15) is 24.0 Å². The number of amides is 1. The third-order valence-electron chi connectivity index (χ3n) is 3.03. The quantitative estimate of drug-likeness (QED) is 0.881. The lowest BCUT2D eigenvalue weighted by molar-refractivity contribution is 0.0954. The summed E-state index contributed by atoms with van der Waals surface area (Å²) in [5.41, 5.74) is 0.791. The molecule has 5 heteroatoms. The number of carbonyl (C=O) groups is 1. The smallest absolute Gasteiger partial charge is 0.255 e. The predicted octanol–water partition coefficient (Wildman–Crippen LogP) is 3.09. The maximum Gasteiger partial charge on any atom is 0.255 e. The Morgan fingerprint density at radius 3 is 2.70 bits per heavy atom. The zero-order chi connectivity index (χ0) is 16.7. The van der Waals surface area contributed by atoms with Gasteiger partial charge in [0.05, 0.1) is 12.1 Å². The molecule has 0 aliphatic carbocycles. The molecule has 3 nitrogen and oxygen atoms in total. The molecule has 0 aliphatic heterocycles. The largest absolute Gasteiger partial charge is 0.481 e. The first kappa shape index (κ1) is 16.5. The SMILES string of the molecule is Cc1ccccc1OCC#CCNC(=O)c1ccc(F)cc1F. The Balaban J connectivity index is 1.79. The lowest BCUT2D eigenvalue weighted by atomic mass is 10.2. The fourth-order valence-corrected chi connectivity index (χ4v) is 1.84. The van der Waals surface area contributed by atoms with Crippen LogP contribution in [0.2, 0.25) is 0 Å². The van der Waals surface area contributed by atoms with Crippen LogP contribution in [0.3, 0.4) is 0 Å². The second-order valence-corrected chi connectivity index (χ2v) is 4.71. The van der Waals surface area contributed by atoms with Crippen LogP contribution < -0.4 is 10.1 Å². The number of hydrogen-bond acceptors (Lipinski definition) is 2. The molecule has 118 valence electrons. The Bertz CT molecular complexity index is 763. The van der Waals surface area contributed by atoms with Crippen LogP contribution in [0.25, 0.3) is 0 Å². The molecular weight excluding hydrogens is 300 g/mol. The first-order chi connectivity index (χ1) is 11.1. The van der Waals surface area contributed by atoms with Gasteiger partial charge in [-0.15, -0.1) is 0 Å². The number of aryl methyl sites for hydroxylation is 1. The molecule has 0 saturated heterocycles. The number of para-hydroxylation sites is 1. The van der Waals surface area contributed by atoms with E-state index in [0.29, 0.717) is 6.07 Å². The van der Waals surface area contributed by atoms with Crippen molar-refractivity contribution in [3.8, 4) is 17.6 Å². The molecule has 1 N–H and O–H groups in total. The molecule has 0 bridgehead atoms. The van der Waals surface area contributed by atoms with Gasteiger partial charge < -0.3 is 10.1 Å². The minimum Gasteiger partial charge on any atom is -0.481 e. The van der Waals surface area contributed by atoms with E-state index in [1.54, 1.807) is 0 Å².